The minimum atomic E-state index is 0.317. The van der Waals surface area contributed by atoms with Gasteiger partial charge in [0.05, 0.1) is 28.9 Å². The van der Waals surface area contributed by atoms with Crippen LogP contribution in [0.1, 0.15) is 29.9 Å². The number of hydrogen-bond donors (Lipinski definition) is 0. The highest BCUT2D eigenvalue weighted by Crippen LogP contribution is 2.24. The zero-order valence-corrected chi connectivity index (χ0v) is 14.7. The van der Waals surface area contributed by atoms with Crippen LogP contribution in [0.25, 0.3) is 11.3 Å². The Kier molecular flexibility index (Phi) is 4.46. The number of rotatable bonds is 4. The molecule has 0 saturated heterocycles. The van der Waals surface area contributed by atoms with Crippen molar-refractivity contribution in [3.63, 3.8) is 0 Å². The average molecular weight is 339 g/mol. The van der Waals surface area contributed by atoms with E-state index in [1.54, 1.807) is 12.1 Å². The van der Waals surface area contributed by atoms with E-state index in [2.05, 4.69) is 48.6 Å². The monoisotopic (exact) mass is 338 g/mol. The Labute approximate surface area is 146 Å². The molecule has 3 aromatic rings. The van der Waals surface area contributed by atoms with E-state index >= 15 is 0 Å². The third-order valence-corrected chi connectivity index (χ3v) is 4.56. The smallest absolute Gasteiger partial charge is 0.101 e. The Morgan fingerprint density at radius 3 is 2.50 bits per heavy atom. The van der Waals surface area contributed by atoms with Crippen molar-refractivity contribution in [2.45, 2.75) is 33.4 Å². The molecule has 122 valence electrons. The van der Waals surface area contributed by atoms with Crippen LogP contribution >= 0.6 is 11.6 Å². The minimum Gasteiger partial charge on any atom is -0.345 e. The van der Waals surface area contributed by atoms with Gasteiger partial charge in [0.1, 0.15) is 6.07 Å². The predicted octanol–water partition coefficient (Wildman–Crippen LogP) is 4.75. The largest absolute Gasteiger partial charge is 0.345 e. The lowest BCUT2D eigenvalue weighted by atomic mass is 10.1. The normalized spacial score (nSPS) is 12.1. The van der Waals surface area contributed by atoms with E-state index in [0.717, 1.165) is 17.8 Å². The van der Waals surface area contributed by atoms with Crippen LogP contribution in [0.3, 0.4) is 0 Å². The molecular formula is C19H19ClN4. The van der Waals surface area contributed by atoms with Crippen molar-refractivity contribution in [2.75, 3.05) is 0 Å². The molecule has 3 rings (SSSR count). The zero-order chi connectivity index (χ0) is 17.3. The van der Waals surface area contributed by atoms with E-state index in [-0.39, 0.29) is 0 Å². The van der Waals surface area contributed by atoms with Gasteiger partial charge in [-0.15, -0.1) is 0 Å². The van der Waals surface area contributed by atoms with Gasteiger partial charge in [0.15, 0.2) is 0 Å². The predicted molar refractivity (Wildman–Crippen MR) is 96.0 cm³/mol. The van der Waals surface area contributed by atoms with Crippen LogP contribution < -0.4 is 0 Å². The van der Waals surface area contributed by atoms with Crippen molar-refractivity contribution in [3.8, 4) is 17.3 Å². The first kappa shape index (κ1) is 16.4. The number of aromatic nitrogens is 3. The summed E-state index contributed by atoms with van der Waals surface area (Å²) in [5.74, 6) is 0. The highest BCUT2D eigenvalue weighted by Gasteiger charge is 2.12. The maximum Gasteiger partial charge on any atom is 0.101 e. The Hall–Kier alpha value is -2.51. The lowest BCUT2D eigenvalue weighted by Crippen LogP contribution is -2.15. The molecule has 0 unspecified atom stereocenters. The second-order valence-corrected chi connectivity index (χ2v) is 6.47. The van der Waals surface area contributed by atoms with E-state index in [1.807, 2.05) is 23.0 Å². The summed E-state index contributed by atoms with van der Waals surface area (Å²) in [6, 6.07) is 14.0. The zero-order valence-electron chi connectivity index (χ0n) is 14.0. The standard InChI is InChI=1S/C19H19ClN4/c1-13-4-5-14(2)24(13)15(3)12-23-9-8-19(22-23)16-6-7-17(11-21)18(20)10-16/h4-10,15H,12H2,1-3H3/t15-/m0/s1. The average Bonchev–Trinajstić information content (AvgIpc) is 3.14. The van der Waals surface area contributed by atoms with Crippen molar-refractivity contribution in [3.05, 3.63) is 64.6 Å². The maximum absolute atomic E-state index is 8.96. The van der Waals surface area contributed by atoms with Crippen molar-refractivity contribution < 1.29 is 0 Å². The van der Waals surface area contributed by atoms with Gasteiger partial charge in [-0.25, -0.2) is 0 Å². The summed E-state index contributed by atoms with van der Waals surface area (Å²) in [5, 5.41) is 14.1. The highest BCUT2D eigenvalue weighted by atomic mass is 35.5. The maximum atomic E-state index is 8.96. The molecule has 2 heterocycles. The van der Waals surface area contributed by atoms with Gasteiger partial charge in [-0.05, 0) is 51.1 Å². The van der Waals surface area contributed by atoms with Crippen LogP contribution in [0.2, 0.25) is 5.02 Å². The summed E-state index contributed by atoms with van der Waals surface area (Å²) < 4.78 is 4.27. The molecule has 0 spiro atoms. The van der Waals surface area contributed by atoms with E-state index in [9.17, 15) is 0 Å². The molecule has 0 saturated carbocycles. The number of halogens is 1. The molecule has 0 bridgehead atoms. The SMILES string of the molecule is Cc1ccc(C)n1[C@@H](C)Cn1ccc(-c2ccc(C#N)c(Cl)c2)n1. The topological polar surface area (TPSA) is 46.5 Å². The quantitative estimate of drug-likeness (QED) is 0.688. The van der Waals surface area contributed by atoms with Crippen LogP contribution in [0, 0.1) is 25.2 Å². The van der Waals surface area contributed by atoms with E-state index in [0.29, 0.717) is 16.6 Å². The second-order valence-electron chi connectivity index (χ2n) is 6.06. The highest BCUT2D eigenvalue weighted by molar-refractivity contribution is 6.32. The second kappa shape index (κ2) is 6.54. The Bertz CT molecular complexity index is 894. The molecule has 0 amide bonds. The summed E-state index contributed by atoms with van der Waals surface area (Å²) in [6.45, 7) is 7.23. The fraction of sp³-hybridized carbons (Fsp3) is 0.263. The van der Waals surface area contributed by atoms with Gasteiger partial charge in [-0.3, -0.25) is 4.68 Å². The number of aryl methyl sites for hydroxylation is 2. The molecule has 0 fully saturated rings. The van der Waals surface area contributed by atoms with E-state index < -0.39 is 0 Å². The summed E-state index contributed by atoms with van der Waals surface area (Å²) >= 11 is 6.11. The van der Waals surface area contributed by atoms with Gasteiger partial charge in [-0.2, -0.15) is 10.4 Å². The van der Waals surface area contributed by atoms with Crippen molar-refractivity contribution in [2.24, 2.45) is 0 Å². The van der Waals surface area contributed by atoms with Gasteiger partial charge in [0, 0.05) is 23.1 Å². The third kappa shape index (κ3) is 3.08. The molecule has 24 heavy (non-hydrogen) atoms. The first-order valence-electron chi connectivity index (χ1n) is 7.87. The summed E-state index contributed by atoms with van der Waals surface area (Å²) in [7, 11) is 0. The molecule has 5 heteroatoms. The fourth-order valence-corrected chi connectivity index (χ4v) is 3.33. The van der Waals surface area contributed by atoms with Gasteiger partial charge in [0.25, 0.3) is 0 Å². The Morgan fingerprint density at radius 1 is 1.17 bits per heavy atom. The molecule has 0 aliphatic heterocycles. The minimum absolute atomic E-state index is 0.317. The molecule has 4 nitrogen and oxygen atoms in total. The number of benzene rings is 1. The molecule has 0 aliphatic carbocycles. The summed E-state index contributed by atoms with van der Waals surface area (Å²) in [6.07, 6.45) is 1.98. The summed E-state index contributed by atoms with van der Waals surface area (Å²) in [4.78, 5) is 0. The lowest BCUT2D eigenvalue weighted by molar-refractivity contribution is 0.427. The molecule has 0 N–H and O–H groups in total. The van der Waals surface area contributed by atoms with Gasteiger partial charge in [-0.1, -0.05) is 17.7 Å². The van der Waals surface area contributed by atoms with E-state index in [1.165, 1.54) is 11.4 Å². The molecule has 0 radical (unpaired) electrons. The van der Waals surface area contributed by atoms with Crippen LogP contribution in [-0.2, 0) is 6.54 Å². The fourth-order valence-electron chi connectivity index (χ4n) is 3.11. The van der Waals surface area contributed by atoms with Crippen LogP contribution in [0.5, 0.6) is 0 Å². The van der Waals surface area contributed by atoms with Crippen molar-refractivity contribution >= 4 is 11.6 Å². The number of hydrogen-bond acceptors (Lipinski definition) is 2. The number of nitrogens with zero attached hydrogens (tertiary/aromatic N) is 4. The van der Waals surface area contributed by atoms with Crippen LogP contribution in [0.15, 0.2) is 42.6 Å². The first-order valence-corrected chi connectivity index (χ1v) is 8.25. The molecule has 1 aromatic carbocycles. The third-order valence-electron chi connectivity index (χ3n) is 4.24. The molecule has 0 aliphatic rings. The summed E-state index contributed by atoms with van der Waals surface area (Å²) in [5.41, 5.74) is 4.76. The van der Waals surface area contributed by atoms with Gasteiger partial charge in [0.2, 0.25) is 0 Å². The Balaban J connectivity index is 1.81. The molecular weight excluding hydrogens is 320 g/mol. The first-order chi connectivity index (χ1) is 11.5. The molecule has 2 aromatic heterocycles. The van der Waals surface area contributed by atoms with Crippen molar-refractivity contribution in [1.82, 2.24) is 14.3 Å². The molecule has 1 atom stereocenters. The lowest BCUT2D eigenvalue weighted by Gasteiger charge is -2.18. The van der Waals surface area contributed by atoms with Gasteiger partial charge >= 0.3 is 0 Å². The van der Waals surface area contributed by atoms with E-state index in [4.69, 9.17) is 16.9 Å². The van der Waals surface area contributed by atoms with Crippen LogP contribution in [0.4, 0.5) is 0 Å². The van der Waals surface area contributed by atoms with Crippen molar-refractivity contribution in [1.29, 1.82) is 5.26 Å². The Morgan fingerprint density at radius 2 is 1.88 bits per heavy atom. The number of nitriles is 1. The van der Waals surface area contributed by atoms with Gasteiger partial charge < -0.3 is 4.57 Å². The van der Waals surface area contributed by atoms with Crippen LogP contribution in [-0.4, -0.2) is 14.3 Å².